The smallest absolute Gasteiger partial charge is 0.332 e. The van der Waals surface area contributed by atoms with E-state index < -0.39 is 11.5 Å². The molecule has 0 bridgehead atoms. The molecule has 0 radical (unpaired) electrons. The summed E-state index contributed by atoms with van der Waals surface area (Å²) in [6.07, 6.45) is 2.70. The number of aliphatic hydroxyl groups is 2. The Balaban J connectivity index is 2.30. The average Bonchev–Trinajstić information content (AvgIpc) is 2.76. The van der Waals surface area contributed by atoms with Crippen molar-refractivity contribution >= 4 is 11.2 Å². The predicted molar refractivity (Wildman–Crippen MR) is 76.9 cm³/mol. The molecular formula is C13H20N4O4. The second-order valence-electron chi connectivity index (χ2n) is 5.50. The average molecular weight is 296 g/mol. The summed E-state index contributed by atoms with van der Waals surface area (Å²) in [6.45, 7) is 1.54. The van der Waals surface area contributed by atoms with Crippen molar-refractivity contribution < 1.29 is 10.2 Å². The van der Waals surface area contributed by atoms with E-state index in [1.54, 1.807) is 18.7 Å². The van der Waals surface area contributed by atoms with Gasteiger partial charge in [-0.05, 0) is 19.8 Å². The van der Waals surface area contributed by atoms with Crippen LogP contribution < -0.4 is 11.2 Å². The topological polar surface area (TPSA) is 102 Å². The molecule has 0 unspecified atom stereocenters. The molecule has 0 aromatic carbocycles. The monoisotopic (exact) mass is 296 g/mol. The summed E-state index contributed by atoms with van der Waals surface area (Å²) in [5.74, 6) is -1.72. The maximum absolute atomic E-state index is 12.4. The number of nitrogens with zero attached hydrogens (tertiary/aromatic N) is 4. The molecule has 0 aliphatic heterocycles. The maximum Gasteiger partial charge on any atom is 0.332 e. The van der Waals surface area contributed by atoms with Crippen LogP contribution in [0.4, 0.5) is 0 Å². The molecule has 116 valence electrons. The summed E-state index contributed by atoms with van der Waals surface area (Å²) in [5.41, 5.74) is -0.0425. The largest absolute Gasteiger partial charge is 0.366 e. The van der Waals surface area contributed by atoms with Crippen LogP contribution in [-0.4, -0.2) is 34.7 Å². The van der Waals surface area contributed by atoms with E-state index in [9.17, 15) is 19.8 Å². The molecule has 0 aliphatic rings. The van der Waals surface area contributed by atoms with E-state index in [0.717, 1.165) is 4.57 Å². The van der Waals surface area contributed by atoms with Gasteiger partial charge in [-0.25, -0.2) is 9.78 Å². The molecule has 8 nitrogen and oxygen atoms in total. The zero-order valence-corrected chi connectivity index (χ0v) is 12.4. The maximum atomic E-state index is 12.4. The van der Waals surface area contributed by atoms with Crippen LogP contribution in [0.3, 0.4) is 0 Å². The van der Waals surface area contributed by atoms with Gasteiger partial charge in [0, 0.05) is 27.1 Å². The third-order valence-electron chi connectivity index (χ3n) is 3.48. The highest BCUT2D eigenvalue weighted by molar-refractivity contribution is 5.69. The normalized spacial score (nSPS) is 12.2. The van der Waals surface area contributed by atoms with E-state index in [-0.39, 0.29) is 18.5 Å². The Hall–Kier alpha value is -1.93. The summed E-state index contributed by atoms with van der Waals surface area (Å²) >= 11 is 0. The second kappa shape index (κ2) is 5.45. The highest BCUT2D eigenvalue weighted by atomic mass is 16.5. The second-order valence-corrected chi connectivity index (χ2v) is 5.50. The number of hydrogen-bond acceptors (Lipinski definition) is 5. The molecule has 0 atom stereocenters. The zero-order valence-electron chi connectivity index (χ0n) is 12.4. The van der Waals surface area contributed by atoms with Gasteiger partial charge >= 0.3 is 5.69 Å². The lowest BCUT2D eigenvalue weighted by molar-refractivity contribution is -0.150. The van der Waals surface area contributed by atoms with Crippen LogP contribution in [0, 0.1) is 0 Å². The molecule has 0 saturated carbocycles. The molecule has 21 heavy (non-hydrogen) atoms. The number of hydrogen-bond donors (Lipinski definition) is 2. The Labute approximate surface area is 120 Å². The molecule has 2 aromatic rings. The number of aromatic nitrogens is 4. The molecule has 2 aromatic heterocycles. The summed E-state index contributed by atoms with van der Waals surface area (Å²) < 4.78 is 4.10. The van der Waals surface area contributed by atoms with E-state index >= 15 is 0 Å². The van der Waals surface area contributed by atoms with Gasteiger partial charge in [-0.2, -0.15) is 0 Å². The first-order chi connectivity index (χ1) is 9.72. The molecule has 2 heterocycles. The lowest BCUT2D eigenvalue weighted by Gasteiger charge is -2.15. The van der Waals surface area contributed by atoms with Gasteiger partial charge in [0.1, 0.15) is 0 Å². The minimum atomic E-state index is -1.72. The van der Waals surface area contributed by atoms with E-state index in [1.807, 2.05) is 0 Å². The third-order valence-corrected chi connectivity index (χ3v) is 3.48. The quantitative estimate of drug-likeness (QED) is 0.561. The van der Waals surface area contributed by atoms with Crippen molar-refractivity contribution in [2.45, 2.75) is 38.5 Å². The molecule has 0 spiro atoms. The van der Waals surface area contributed by atoms with Crippen LogP contribution in [0.25, 0.3) is 11.2 Å². The van der Waals surface area contributed by atoms with Gasteiger partial charge in [-0.1, -0.05) is 0 Å². The molecule has 8 heteroatoms. The van der Waals surface area contributed by atoms with Gasteiger partial charge in [-0.3, -0.25) is 13.9 Å². The highest BCUT2D eigenvalue weighted by Crippen LogP contribution is 2.10. The van der Waals surface area contributed by atoms with Gasteiger partial charge in [-0.15, -0.1) is 0 Å². The Morgan fingerprint density at radius 2 is 1.90 bits per heavy atom. The van der Waals surface area contributed by atoms with E-state index in [1.165, 1.54) is 17.8 Å². The van der Waals surface area contributed by atoms with E-state index in [4.69, 9.17) is 0 Å². The number of unbranched alkanes of at least 4 members (excludes halogenated alkanes) is 1. The van der Waals surface area contributed by atoms with Crippen molar-refractivity contribution in [3.05, 3.63) is 27.2 Å². The van der Waals surface area contributed by atoms with Gasteiger partial charge in [0.25, 0.3) is 5.56 Å². The number of fused-ring (bicyclic) bond motifs is 1. The minimum Gasteiger partial charge on any atom is -0.366 e. The standard InChI is InChI=1S/C13H20N4O4/c1-13(20,21)6-4-5-7-17-11(18)9-10(14-8-15(9)2)16(3)12(17)19/h8,20-21H,4-7H2,1-3H3. The molecule has 2 rings (SSSR count). The zero-order chi connectivity index (χ0) is 15.8. The Morgan fingerprint density at radius 1 is 1.24 bits per heavy atom. The van der Waals surface area contributed by atoms with Crippen LogP contribution in [0.5, 0.6) is 0 Å². The predicted octanol–water partition coefficient (Wildman–Crippen LogP) is -0.695. The third kappa shape index (κ3) is 3.06. The lowest BCUT2D eigenvalue weighted by atomic mass is 10.1. The fourth-order valence-electron chi connectivity index (χ4n) is 2.32. The summed E-state index contributed by atoms with van der Waals surface area (Å²) in [5, 5.41) is 18.5. The lowest BCUT2D eigenvalue weighted by Crippen LogP contribution is -2.39. The van der Waals surface area contributed by atoms with Crippen LogP contribution in [0.1, 0.15) is 26.2 Å². The first-order valence-corrected chi connectivity index (χ1v) is 6.78. The first-order valence-electron chi connectivity index (χ1n) is 6.78. The van der Waals surface area contributed by atoms with Crippen molar-refractivity contribution in [3.63, 3.8) is 0 Å². The van der Waals surface area contributed by atoms with Gasteiger partial charge in [0.05, 0.1) is 6.33 Å². The molecule has 0 saturated heterocycles. The van der Waals surface area contributed by atoms with Crippen LogP contribution >= 0.6 is 0 Å². The molecule has 0 amide bonds. The first kappa shape index (κ1) is 15.5. The van der Waals surface area contributed by atoms with Gasteiger partial charge in [0.2, 0.25) is 0 Å². The number of rotatable bonds is 5. The fourth-order valence-corrected chi connectivity index (χ4v) is 2.32. The van der Waals surface area contributed by atoms with Crippen molar-refractivity contribution in [2.24, 2.45) is 14.1 Å². The van der Waals surface area contributed by atoms with Crippen molar-refractivity contribution in [1.29, 1.82) is 0 Å². The van der Waals surface area contributed by atoms with Crippen molar-refractivity contribution in [2.75, 3.05) is 0 Å². The van der Waals surface area contributed by atoms with Gasteiger partial charge < -0.3 is 14.8 Å². The Kier molecular flexibility index (Phi) is 4.02. The molecule has 0 aliphatic carbocycles. The van der Waals surface area contributed by atoms with Gasteiger partial charge in [0.15, 0.2) is 17.0 Å². The summed E-state index contributed by atoms with van der Waals surface area (Å²) in [4.78, 5) is 28.6. The highest BCUT2D eigenvalue weighted by Gasteiger charge is 2.16. The van der Waals surface area contributed by atoms with Crippen LogP contribution in [0.15, 0.2) is 15.9 Å². The summed E-state index contributed by atoms with van der Waals surface area (Å²) in [7, 11) is 3.28. The SMILES string of the molecule is Cn1cnc2c1c(=O)n(CCCCC(C)(O)O)c(=O)n2C. The summed E-state index contributed by atoms with van der Waals surface area (Å²) in [6, 6.07) is 0. The minimum absolute atomic E-state index is 0.190. The van der Waals surface area contributed by atoms with Crippen LogP contribution in [0.2, 0.25) is 0 Å². The van der Waals surface area contributed by atoms with E-state index in [2.05, 4.69) is 4.98 Å². The molecule has 0 fully saturated rings. The Morgan fingerprint density at radius 3 is 2.52 bits per heavy atom. The fraction of sp³-hybridized carbons (Fsp3) is 0.615. The Bertz CT molecular complexity index is 763. The van der Waals surface area contributed by atoms with E-state index in [0.29, 0.717) is 24.0 Å². The molecular weight excluding hydrogens is 276 g/mol. The number of imidazole rings is 1. The van der Waals surface area contributed by atoms with Crippen LogP contribution in [-0.2, 0) is 20.6 Å². The molecule has 2 N–H and O–H groups in total. The number of aryl methyl sites for hydroxylation is 2. The van der Waals surface area contributed by atoms with Crippen molar-refractivity contribution in [3.8, 4) is 0 Å². The van der Waals surface area contributed by atoms with Crippen molar-refractivity contribution in [1.82, 2.24) is 18.7 Å².